The molecule has 0 saturated carbocycles. The molecule has 0 atom stereocenters. The van der Waals surface area contributed by atoms with Crippen molar-refractivity contribution < 1.29 is 9.16 Å². The third-order valence-corrected chi connectivity index (χ3v) is 4.51. The highest BCUT2D eigenvalue weighted by Gasteiger charge is 2.23. The molecular formula is C12H26O2Si. The molecule has 0 radical (unpaired) electrons. The van der Waals surface area contributed by atoms with E-state index in [-0.39, 0.29) is 5.60 Å². The van der Waals surface area contributed by atoms with Gasteiger partial charge in [0.05, 0.1) is 11.9 Å². The highest BCUT2D eigenvalue weighted by atomic mass is 28.2. The molecule has 2 nitrogen and oxygen atoms in total. The molecule has 90 valence electrons. The van der Waals surface area contributed by atoms with Crippen LogP contribution in [0.15, 0.2) is 12.5 Å². The lowest BCUT2D eigenvalue weighted by Gasteiger charge is -2.27. The summed E-state index contributed by atoms with van der Waals surface area (Å²) in [7, 11) is -0.539. The number of ether oxygens (including phenoxy) is 1. The standard InChI is InChI=1S/C12H26O2Si/c1-10(2)12(6,7)15-14-9-8-13-11(3,4)5/h8-10H,15H2,1-7H3. The van der Waals surface area contributed by atoms with Crippen molar-refractivity contribution in [1.29, 1.82) is 0 Å². The van der Waals surface area contributed by atoms with Crippen molar-refractivity contribution in [2.24, 2.45) is 5.92 Å². The van der Waals surface area contributed by atoms with E-state index in [1.165, 1.54) is 0 Å². The minimum atomic E-state index is -0.539. The Morgan fingerprint density at radius 2 is 1.53 bits per heavy atom. The average Bonchev–Trinajstić information content (AvgIpc) is 2.00. The van der Waals surface area contributed by atoms with Crippen LogP contribution in [0.5, 0.6) is 0 Å². The van der Waals surface area contributed by atoms with Crippen LogP contribution in [0.2, 0.25) is 5.04 Å². The van der Waals surface area contributed by atoms with Crippen LogP contribution < -0.4 is 0 Å². The topological polar surface area (TPSA) is 18.5 Å². The van der Waals surface area contributed by atoms with Gasteiger partial charge in [-0.2, -0.15) is 0 Å². The molecule has 0 aliphatic rings. The molecule has 0 spiro atoms. The molecule has 0 aromatic carbocycles. The van der Waals surface area contributed by atoms with Crippen LogP contribution in [0.4, 0.5) is 0 Å². The molecule has 0 saturated heterocycles. The van der Waals surface area contributed by atoms with Crippen LogP contribution in [-0.2, 0) is 9.16 Å². The Hall–Kier alpha value is -0.443. The smallest absolute Gasteiger partial charge is 0.224 e. The van der Waals surface area contributed by atoms with Gasteiger partial charge in [-0.25, -0.2) is 0 Å². The van der Waals surface area contributed by atoms with E-state index in [9.17, 15) is 0 Å². The third kappa shape index (κ3) is 7.48. The van der Waals surface area contributed by atoms with Crippen LogP contribution in [0.1, 0.15) is 48.5 Å². The Morgan fingerprint density at radius 1 is 1.00 bits per heavy atom. The minimum absolute atomic E-state index is 0.130. The van der Waals surface area contributed by atoms with Gasteiger partial charge in [-0.05, 0) is 31.7 Å². The molecule has 0 fully saturated rings. The molecule has 0 unspecified atom stereocenters. The molecule has 0 rings (SSSR count). The first-order valence-electron chi connectivity index (χ1n) is 5.59. The van der Waals surface area contributed by atoms with Crippen LogP contribution in [0, 0.1) is 5.92 Å². The first-order valence-corrected chi connectivity index (χ1v) is 6.88. The van der Waals surface area contributed by atoms with Gasteiger partial charge in [0, 0.05) is 0 Å². The highest BCUT2D eigenvalue weighted by Crippen LogP contribution is 2.32. The van der Waals surface area contributed by atoms with Gasteiger partial charge in [-0.1, -0.05) is 27.7 Å². The Balaban J connectivity index is 3.80. The summed E-state index contributed by atoms with van der Waals surface area (Å²) < 4.78 is 11.0. The van der Waals surface area contributed by atoms with E-state index >= 15 is 0 Å². The summed E-state index contributed by atoms with van der Waals surface area (Å²) in [6, 6.07) is 0. The number of hydrogen-bond acceptors (Lipinski definition) is 2. The zero-order chi connectivity index (χ0) is 12.1. The fraction of sp³-hybridized carbons (Fsp3) is 0.833. The molecule has 0 N–H and O–H groups in total. The zero-order valence-corrected chi connectivity index (χ0v) is 12.7. The Morgan fingerprint density at radius 3 is 1.93 bits per heavy atom. The van der Waals surface area contributed by atoms with E-state index in [2.05, 4.69) is 27.7 Å². The maximum absolute atomic E-state index is 5.59. The molecule has 0 bridgehead atoms. The van der Waals surface area contributed by atoms with Gasteiger partial charge in [-0.15, -0.1) is 0 Å². The van der Waals surface area contributed by atoms with E-state index < -0.39 is 9.76 Å². The van der Waals surface area contributed by atoms with Crippen molar-refractivity contribution in [2.45, 2.75) is 59.1 Å². The van der Waals surface area contributed by atoms with Crippen molar-refractivity contribution in [3.05, 3.63) is 12.5 Å². The van der Waals surface area contributed by atoms with E-state index in [1.807, 2.05) is 20.8 Å². The summed E-state index contributed by atoms with van der Waals surface area (Å²) in [5.74, 6) is 0.668. The van der Waals surface area contributed by atoms with Crippen LogP contribution in [-0.4, -0.2) is 15.4 Å². The van der Waals surface area contributed by atoms with Gasteiger partial charge in [-0.3, -0.25) is 0 Å². The fourth-order valence-electron chi connectivity index (χ4n) is 0.701. The average molecular weight is 230 g/mol. The molecule has 0 aromatic heterocycles. The summed E-state index contributed by atoms with van der Waals surface area (Å²) in [6.07, 6.45) is 3.35. The van der Waals surface area contributed by atoms with Crippen molar-refractivity contribution in [3.63, 3.8) is 0 Å². The van der Waals surface area contributed by atoms with Crippen LogP contribution in [0.25, 0.3) is 0 Å². The molecule has 0 heterocycles. The van der Waals surface area contributed by atoms with E-state index in [0.29, 0.717) is 11.0 Å². The zero-order valence-electron chi connectivity index (χ0n) is 11.3. The molecule has 0 aliphatic heterocycles. The molecule has 0 aromatic rings. The second-order valence-corrected chi connectivity index (χ2v) is 8.40. The van der Waals surface area contributed by atoms with E-state index in [0.717, 1.165) is 0 Å². The maximum Gasteiger partial charge on any atom is 0.224 e. The van der Waals surface area contributed by atoms with Crippen LogP contribution >= 0.6 is 0 Å². The Bertz CT molecular complexity index is 202. The van der Waals surface area contributed by atoms with E-state index in [4.69, 9.17) is 9.16 Å². The summed E-state index contributed by atoms with van der Waals surface area (Å²) in [5, 5.41) is 0.339. The van der Waals surface area contributed by atoms with Gasteiger partial charge < -0.3 is 9.16 Å². The van der Waals surface area contributed by atoms with Gasteiger partial charge in [0.25, 0.3) is 0 Å². The molecular weight excluding hydrogens is 204 g/mol. The number of hydrogen-bond donors (Lipinski definition) is 0. The van der Waals surface area contributed by atoms with Crippen molar-refractivity contribution in [1.82, 2.24) is 0 Å². The molecule has 15 heavy (non-hydrogen) atoms. The predicted molar refractivity (Wildman–Crippen MR) is 68.5 cm³/mol. The number of rotatable bonds is 5. The summed E-state index contributed by atoms with van der Waals surface area (Å²) in [6.45, 7) is 15.1. The van der Waals surface area contributed by atoms with Gasteiger partial charge in [0.1, 0.15) is 6.26 Å². The van der Waals surface area contributed by atoms with Crippen molar-refractivity contribution in [3.8, 4) is 0 Å². The first kappa shape index (κ1) is 14.6. The normalized spacial score (nSPS) is 14.4. The molecule has 0 amide bonds. The Labute approximate surface area is 97.0 Å². The first-order chi connectivity index (χ1) is 6.65. The summed E-state index contributed by atoms with van der Waals surface area (Å²) in [4.78, 5) is 0. The van der Waals surface area contributed by atoms with Crippen molar-refractivity contribution in [2.75, 3.05) is 0 Å². The second-order valence-electron chi connectivity index (χ2n) is 5.96. The summed E-state index contributed by atoms with van der Waals surface area (Å²) >= 11 is 0. The SMILES string of the molecule is CC(C)C(C)(C)[SiH2]OC=COC(C)(C)C. The quantitative estimate of drug-likeness (QED) is 0.533. The Kier molecular flexibility index (Phi) is 5.42. The lowest BCUT2D eigenvalue weighted by molar-refractivity contribution is 0.0732. The van der Waals surface area contributed by atoms with Gasteiger partial charge >= 0.3 is 0 Å². The lowest BCUT2D eigenvalue weighted by atomic mass is 9.99. The summed E-state index contributed by atoms with van der Waals surface area (Å²) in [5.41, 5.74) is -0.130. The van der Waals surface area contributed by atoms with Gasteiger partial charge in [0.15, 0.2) is 0 Å². The maximum atomic E-state index is 5.59. The fourth-order valence-corrected chi connectivity index (χ4v) is 1.64. The second kappa shape index (κ2) is 5.59. The molecule has 0 aliphatic carbocycles. The highest BCUT2D eigenvalue weighted by molar-refractivity contribution is 6.32. The van der Waals surface area contributed by atoms with Crippen LogP contribution in [0.3, 0.4) is 0 Å². The predicted octanol–water partition coefficient (Wildman–Crippen LogP) is 3.23. The third-order valence-electron chi connectivity index (χ3n) is 2.59. The minimum Gasteiger partial charge on any atom is -0.552 e. The largest absolute Gasteiger partial charge is 0.552 e. The monoisotopic (exact) mass is 230 g/mol. The van der Waals surface area contributed by atoms with Gasteiger partial charge in [0.2, 0.25) is 9.76 Å². The van der Waals surface area contributed by atoms with Crippen molar-refractivity contribution >= 4 is 9.76 Å². The molecule has 3 heteroatoms. The van der Waals surface area contributed by atoms with E-state index in [1.54, 1.807) is 12.5 Å². The lowest BCUT2D eigenvalue weighted by Crippen LogP contribution is -2.20.